The van der Waals surface area contributed by atoms with Crippen LogP contribution in [0.3, 0.4) is 0 Å². The Kier molecular flexibility index (Phi) is 5.68. The molecule has 5 rings (SSSR count). The maximum absolute atomic E-state index is 15.5. The number of halogens is 1. The molecule has 0 radical (unpaired) electrons. The lowest BCUT2D eigenvalue weighted by molar-refractivity contribution is -0.181. The maximum Gasteiger partial charge on any atom is 0.338 e. The molecule has 6 heteroatoms. The molecule has 0 amide bonds. The van der Waals surface area contributed by atoms with E-state index in [1.807, 2.05) is 26.8 Å². The molecular weight excluding hydrogens is 447 g/mol. The second kappa shape index (κ2) is 8.24. The molecule has 0 bridgehead atoms. The van der Waals surface area contributed by atoms with Crippen molar-refractivity contribution in [2.24, 2.45) is 28.6 Å². The van der Waals surface area contributed by atoms with Crippen LogP contribution in [-0.2, 0) is 9.53 Å². The van der Waals surface area contributed by atoms with E-state index in [1.54, 1.807) is 30.3 Å². The fourth-order valence-electron chi connectivity index (χ4n) is 7.56. The lowest BCUT2D eigenvalue weighted by Gasteiger charge is -2.55. The van der Waals surface area contributed by atoms with Crippen LogP contribution in [0.25, 0.3) is 0 Å². The zero-order chi connectivity index (χ0) is 25.2. The van der Waals surface area contributed by atoms with E-state index in [1.165, 1.54) is 12.2 Å². The van der Waals surface area contributed by atoms with Crippen LogP contribution in [-0.4, -0.2) is 46.4 Å². The molecule has 35 heavy (non-hydrogen) atoms. The van der Waals surface area contributed by atoms with Crippen molar-refractivity contribution in [1.29, 1.82) is 0 Å². The van der Waals surface area contributed by atoms with Crippen molar-refractivity contribution in [3.63, 3.8) is 0 Å². The average Bonchev–Trinajstić information content (AvgIpc) is 3.06. The van der Waals surface area contributed by atoms with Crippen molar-refractivity contribution in [3.05, 3.63) is 71.3 Å². The van der Waals surface area contributed by atoms with Crippen molar-refractivity contribution < 1.29 is 28.9 Å². The third-order valence-electron chi connectivity index (χ3n) is 9.49. The fraction of sp³-hybridized carbons (Fsp3) is 0.517. The minimum atomic E-state index is -1.50. The highest BCUT2D eigenvalue weighted by Gasteiger charge is 2.67. The van der Waals surface area contributed by atoms with E-state index < -0.39 is 34.7 Å². The molecule has 8 atom stereocenters. The Morgan fingerprint density at radius 1 is 1.20 bits per heavy atom. The molecule has 2 saturated carbocycles. The van der Waals surface area contributed by atoms with E-state index in [9.17, 15) is 19.8 Å². The van der Waals surface area contributed by atoms with Crippen LogP contribution in [0.4, 0.5) is 4.39 Å². The second-order valence-corrected chi connectivity index (χ2v) is 11.2. The predicted molar refractivity (Wildman–Crippen MR) is 129 cm³/mol. The number of ketones is 1. The van der Waals surface area contributed by atoms with Crippen LogP contribution in [0, 0.1) is 28.6 Å². The number of hydrogen-bond acceptors (Lipinski definition) is 5. The number of ether oxygens (including phenoxy) is 1. The van der Waals surface area contributed by atoms with Crippen molar-refractivity contribution in [2.75, 3.05) is 6.61 Å². The molecule has 6 unspecified atom stereocenters. The number of rotatable bonds is 4. The molecule has 1 aromatic rings. The van der Waals surface area contributed by atoms with E-state index in [0.29, 0.717) is 24.0 Å². The van der Waals surface area contributed by atoms with Crippen molar-refractivity contribution in [1.82, 2.24) is 0 Å². The van der Waals surface area contributed by atoms with E-state index in [4.69, 9.17) is 4.74 Å². The van der Waals surface area contributed by atoms with Gasteiger partial charge >= 0.3 is 5.97 Å². The summed E-state index contributed by atoms with van der Waals surface area (Å²) >= 11 is 0. The number of esters is 1. The number of alkyl halides is 1. The van der Waals surface area contributed by atoms with Crippen LogP contribution >= 0.6 is 0 Å². The van der Waals surface area contributed by atoms with Gasteiger partial charge in [-0.2, -0.15) is 0 Å². The zero-order valence-corrected chi connectivity index (χ0v) is 20.4. The first kappa shape index (κ1) is 24.1. The number of allylic oxidation sites excluding steroid dienone is 6. The molecule has 5 nitrogen and oxygen atoms in total. The third-order valence-corrected chi connectivity index (χ3v) is 9.49. The van der Waals surface area contributed by atoms with Gasteiger partial charge in [-0.3, -0.25) is 4.79 Å². The number of hydrogen-bond donors (Lipinski definition) is 2. The first-order valence-electron chi connectivity index (χ1n) is 12.4. The van der Waals surface area contributed by atoms with Crippen molar-refractivity contribution in [3.8, 4) is 0 Å². The number of aliphatic hydroxyl groups excluding tert-OH is 1. The topological polar surface area (TPSA) is 83.8 Å². The second-order valence-electron chi connectivity index (χ2n) is 11.2. The fourth-order valence-corrected chi connectivity index (χ4v) is 7.56. The SMILES string of the molecule is CC1CC2C3C[C@H](F)C4=CC(=O)C=CC4(C)C3=CCC2(C)[C@@]1(O)C(O)COC(=O)c1ccccc1. The number of aliphatic hydroxyl groups is 2. The van der Waals surface area contributed by atoms with Crippen LogP contribution in [0.15, 0.2) is 65.8 Å². The number of benzene rings is 1. The van der Waals surface area contributed by atoms with E-state index in [2.05, 4.69) is 6.08 Å². The lowest BCUT2D eigenvalue weighted by atomic mass is 9.51. The summed E-state index contributed by atoms with van der Waals surface area (Å²) in [6.07, 6.45) is 5.75. The summed E-state index contributed by atoms with van der Waals surface area (Å²) in [5.74, 6) is -1.17. The highest BCUT2D eigenvalue weighted by molar-refractivity contribution is 6.01. The van der Waals surface area contributed by atoms with Gasteiger partial charge in [0.25, 0.3) is 0 Å². The van der Waals surface area contributed by atoms with Gasteiger partial charge in [0.1, 0.15) is 24.5 Å². The minimum Gasteiger partial charge on any atom is -0.459 e. The molecule has 0 spiro atoms. The summed E-state index contributed by atoms with van der Waals surface area (Å²) in [5, 5.41) is 23.2. The molecule has 4 aliphatic rings. The Hall–Kier alpha value is -2.57. The van der Waals surface area contributed by atoms with Crippen LogP contribution in [0.5, 0.6) is 0 Å². The summed E-state index contributed by atoms with van der Waals surface area (Å²) in [4.78, 5) is 24.4. The van der Waals surface area contributed by atoms with Gasteiger partial charge in [-0.05, 0) is 73.8 Å². The lowest BCUT2D eigenvalue weighted by Crippen LogP contribution is -2.60. The van der Waals surface area contributed by atoms with Gasteiger partial charge in [0.05, 0.1) is 5.56 Å². The maximum atomic E-state index is 15.5. The number of fused-ring (bicyclic) bond motifs is 5. The van der Waals surface area contributed by atoms with Crippen LogP contribution in [0.2, 0.25) is 0 Å². The normalized spacial score (nSPS) is 40.7. The Bertz CT molecular complexity index is 1140. The Morgan fingerprint density at radius 2 is 1.91 bits per heavy atom. The van der Waals surface area contributed by atoms with Crippen LogP contribution < -0.4 is 0 Å². The van der Waals surface area contributed by atoms with Gasteiger partial charge in [-0.15, -0.1) is 0 Å². The Labute approximate surface area is 205 Å². The molecule has 2 fully saturated rings. The summed E-state index contributed by atoms with van der Waals surface area (Å²) in [5.41, 5.74) is -0.864. The Morgan fingerprint density at radius 3 is 2.63 bits per heavy atom. The van der Waals surface area contributed by atoms with Gasteiger partial charge in [0, 0.05) is 10.8 Å². The quantitative estimate of drug-likeness (QED) is 0.494. The standard InChI is InChI=1S/C29H33FO5/c1-17-13-22-20-15-24(30)23-14-19(31)9-11-27(23,2)21(20)10-12-28(22,3)29(17,34)25(32)16-35-26(33)18-7-5-4-6-8-18/h4-11,14,17,20,22,24-25,32,34H,12-13,15-16H2,1-3H3/t17?,20?,22?,24-,25?,27?,28?,29-/m0/s1. The monoisotopic (exact) mass is 480 g/mol. The van der Waals surface area contributed by atoms with Gasteiger partial charge in [-0.25, -0.2) is 9.18 Å². The first-order chi connectivity index (χ1) is 16.5. The summed E-state index contributed by atoms with van der Waals surface area (Å²) in [7, 11) is 0. The predicted octanol–water partition coefficient (Wildman–Crippen LogP) is 4.36. The third kappa shape index (κ3) is 3.40. The largest absolute Gasteiger partial charge is 0.459 e. The Balaban J connectivity index is 1.43. The summed E-state index contributed by atoms with van der Waals surface area (Å²) in [6.45, 7) is 5.53. The highest BCUT2D eigenvalue weighted by atomic mass is 19.1. The van der Waals surface area contributed by atoms with Gasteiger partial charge < -0.3 is 14.9 Å². The smallest absolute Gasteiger partial charge is 0.338 e. The summed E-state index contributed by atoms with van der Waals surface area (Å²) < 4.78 is 20.8. The zero-order valence-electron chi connectivity index (χ0n) is 20.4. The van der Waals surface area contributed by atoms with Crippen molar-refractivity contribution >= 4 is 11.8 Å². The number of carbonyl (C=O) groups excluding carboxylic acids is 2. The molecule has 0 aliphatic heterocycles. The highest BCUT2D eigenvalue weighted by Crippen LogP contribution is 2.67. The van der Waals surface area contributed by atoms with Crippen LogP contribution in [0.1, 0.15) is 50.4 Å². The van der Waals surface area contributed by atoms with Gasteiger partial charge in [-0.1, -0.05) is 49.8 Å². The van der Waals surface area contributed by atoms with Gasteiger partial charge in [0.2, 0.25) is 0 Å². The molecular formula is C29H33FO5. The molecule has 1 aromatic carbocycles. The molecule has 0 heterocycles. The molecule has 0 saturated heterocycles. The minimum absolute atomic E-state index is 0.0513. The van der Waals surface area contributed by atoms with Gasteiger partial charge in [0.15, 0.2) is 5.78 Å². The van der Waals surface area contributed by atoms with E-state index in [0.717, 1.165) is 5.57 Å². The van der Waals surface area contributed by atoms with E-state index >= 15 is 4.39 Å². The molecule has 186 valence electrons. The first-order valence-corrected chi connectivity index (χ1v) is 12.4. The average molecular weight is 481 g/mol. The molecule has 4 aliphatic carbocycles. The van der Waals surface area contributed by atoms with E-state index in [-0.39, 0.29) is 36.6 Å². The summed E-state index contributed by atoms with van der Waals surface area (Å²) in [6, 6.07) is 8.54. The molecule has 2 N–H and O–H groups in total. The molecule has 0 aromatic heterocycles. The number of carbonyl (C=O) groups is 2. The van der Waals surface area contributed by atoms with Crippen molar-refractivity contribution in [2.45, 2.75) is 57.9 Å².